The van der Waals surface area contributed by atoms with Gasteiger partial charge in [-0.15, -0.1) is 0 Å². The van der Waals surface area contributed by atoms with Crippen LogP contribution < -0.4 is 0 Å². The summed E-state index contributed by atoms with van der Waals surface area (Å²) in [6.45, 7) is 0. The lowest BCUT2D eigenvalue weighted by Crippen LogP contribution is -2.21. The maximum absolute atomic E-state index is 11.8. The number of carbonyl (C=O) groups is 2. The summed E-state index contributed by atoms with van der Waals surface area (Å²) in [5.74, 6) is -0.0154. The van der Waals surface area contributed by atoms with Gasteiger partial charge in [-0.1, -0.05) is 36.4 Å². The van der Waals surface area contributed by atoms with Gasteiger partial charge in [-0.2, -0.15) is 0 Å². The molecule has 0 radical (unpaired) electrons. The first-order chi connectivity index (χ1) is 11.4. The fourth-order valence-electron chi connectivity index (χ4n) is 2.18. The largest absolute Gasteiger partial charge is 0.345 e. The van der Waals surface area contributed by atoms with Crippen LogP contribution in [0.3, 0.4) is 0 Å². The van der Waals surface area contributed by atoms with Gasteiger partial charge in [0.15, 0.2) is 0 Å². The Morgan fingerprint density at radius 3 is 1.17 bits per heavy atom. The number of carbonyl (C=O) groups excluding carboxylic acids is 2. The molecule has 0 aliphatic heterocycles. The summed E-state index contributed by atoms with van der Waals surface area (Å²) in [6.07, 6.45) is 3.96. The van der Waals surface area contributed by atoms with Crippen LogP contribution in [0.15, 0.2) is 48.5 Å². The summed E-state index contributed by atoms with van der Waals surface area (Å²) in [7, 11) is 6.95. The van der Waals surface area contributed by atoms with Crippen molar-refractivity contribution in [2.45, 2.75) is 0 Å². The number of hydrogen-bond acceptors (Lipinski definition) is 2. The minimum Gasteiger partial charge on any atom is -0.345 e. The SMILES string of the molecule is CN(C)C(=O)c1ccc(/C=C/c2ccc(C(=O)N(C)C)cc2)cc1. The van der Waals surface area contributed by atoms with Gasteiger partial charge in [0.25, 0.3) is 11.8 Å². The molecule has 0 aliphatic carbocycles. The van der Waals surface area contributed by atoms with Crippen molar-refractivity contribution in [3.8, 4) is 0 Å². The molecule has 2 rings (SSSR count). The molecule has 4 heteroatoms. The fourth-order valence-corrected chi connectivity index (χ4v) is 2.18. The van der Waals surface area contributed by atoms with Crippen molar-refractivity contribution in [3.63, 3.8) is 0 Å². The van der Waals surface area contributed by atoms with E-state index in [1.54, 1.807) is 38.0 Å². The molecule has 0 N–H and O–H groups in total. The minimum atomic E-state index is -0.00771. The molecule has 0 atom stereocenters. The Balaban J connectivity index is 2.08. The van der Waals surface area contributed by atoms with E-state index >= 15 is 0 Å². The van der Waals surface area contributed by atoms with Crippen molar-refractivity contribution in [2.75, 3.05) is 28.2 Å². The van der Waals surface area contributed by atoms with Gasteiger partial charge in [0.2, 0.25) is 0 Å². The molecule has 2 aromatic carbocycles. The van der Waals surface area contributed by atoms with Crippen LogP contribution in [-0.4, -0.2) is 49.8 Å². The average molecular weight is 322 g/mol. The van der Waals surface area contributed by atoms with Crippen LogP contribution >= 0.6 is 0 Å². The fraction of sp³-hybridized carbons (Fsp3) is 0.200. The highest BCUT2D eigenvalue weighted by Crippen LogP contribution is 2.12. The molecule has 0 bridgehead atoms. The lowest BCUT2D eigenvalue weighted by atomic mass is 10.1. The summed E-state index contributed by atoms with van der Waals surface area (Å²) in [5.41, 5.74) is 3.37. The smallest absolute Gasteiger partial charge is 0.253 e. The van der Waals surface area contributed by atoms with Crippen molar-refractivity contribution in [2.24, 2.45) is 0 Å². The second kappa shape index (κ2) is 7.59. The Morgan fingerprint density at radius 1 is 0.625 bits per heavy atom. The molecule has 0 spiro atoms. The summed E-state index contributed by atoms with van der Waals surface area (Å²) in [6, 6.07) is 14.9. The summed E-state index contributed by atoms with van der Waals surface area (Å²) in [4.78, 5) is 26.8. The van der Waals surface area contributed by atoms with E-state index in [4.69, 9.17) is 0 Å². The molecule has 0 saturated heterocycles. The van der Waals surface area contributed by atoms with Gasteiger partial charge in [0, 0.05) is 39.3 Å². The molecule has 0 fully saturated rings. The zero-order valence-electron chi connectivity index (χ0n) is 14.5. The van der Waals surface area contributed by atoms with Crippen LogP contribution in [0.25, 0.3) is 12.2 Å². The monoisotopic (exact) mass is 322 g/mol. The Bertz CT molecular complexity index is 677. The first kappa shape index (κ1) is 17.5. The summed E-state index contributed by atoms with van der Waals surface area (Å²) in [5, 5.41) is 0. The summed E-state index contributed by atoms with van der Waals surface area (Å²) < 4.78 is 0. The second-order valence-corrected chi connectivity index (χ2v) is 5.98. The van der Waals surface area contributed by atoms with Crippen LogP contribution in [-0.2, 0) is 0 Å². The predicted octanol–water partition coefficient (Wildman–Crippen LogP) is 3.26. The van der Waals surface area contributed by atoms with Crippen molar-refractivity contribution in [1.29, 1.82) is 0 Å². The maximum Gasteiger partial charge on any atom is 0.253 e. The quantitative estimate of drug-likeness (QED) is 0.811. The predicted molar refractivity (Wildman–Crippen MR) is 97.8 cm³/mol. The van der Waals surface area contributed by atoms with Crippen LogP contribution in [0.5, 0.6) is 0 Å². The normalized spacial score (nSPS) is 10.7. The van der Waals surface area contributed by atoms with Gasteiger partial charge < -0.3 is 9.80 Å². The second-order valence-electron chi connectivity index (χ2n) is 5.98. The van der Waals surface area contributed by atoms with Gasteiger partial charge in [-0.05, 0) is 35.4 Å². The molecular weight excluding hydrogens is 300 g/mol. The van der Waals surface area contributed by atoms with Crippen molar-refractivity contribution in [3.05, 3.63) is 70.8 Å². The topological polar surface area (TPSA) is 40.6 Å². The Kier molecular flexibility index (Phi) is 5.53. The zero-order valence-corrected chi connectivity index (χ0v) is 14.5. The molecule has 0 aliphatic rings. The van der Waals surface area contributed by atoms with E-state index in [1.807, 2.05) is 60.7 Å². The highest BCUT2D eigenvalue weighted by Gasteiger charge is 2.07. The molecule has 0 saturated carbocycles. The van der Waals surface area contributed by atoms with Gasteiger partial charge in [0.05, 0.1) is 0 Å². The number of rotatable bonds is 4. The van der Waals surface area contributed by atoms with E-state index in [2.05, 4.69) is 0 Å². The Hall–Kier alpha value is -2.88. The van der Waals surface area contributed by atoms with E-state index in [1.165, 1.54) is 0 Å². The number of hydrogen-bond donors (Lipinski definition) is 0. The van der Waals surface area contributed by atoms with Crippen LogP contribution in [0.4, 0.5) is 0 Å². The first-order valence-electron chi connectivity index (χ1n) is 7.70. The van der Waals surface area contributed by atoms with Crippen LogP contribution in [0, 0.1) is 0 Å². The van der Waals surface area contributed by atoms with E-state index in [0.717, 1.165) is 11.1 Å². The number of nitrogens with zero attached hydrogens (tertiary/aromatic N) is 2. The van der Waals surface area contributed by atoms with Crippen molar-refractivity contribution < 1.29 is 9.59 Å². The maximum atomic E-state index is 11.8. The third-order valence-electron chi connectivity index (χ3n) is 3.60. The summed E-state index contributed by atoms with van der Waals surface area (Å²) >= 11 is 0. The highest BCUT2D eigenvalue weighted by molar-refractivity contribution is 5.94. The molecule has 0 aromatic heterocycles. The third kappa shape index (κ3) is 4.32. The minimum absolute atomic E-state index is 0.00771. The van der Waals surface area contributed by atoms with Gasteiger partial charge in [-0.25, -0.2) is 0 Å². The first-order valence-corrected chi connectivity index (χ1v) is 7.70. The number of benzene rings is 2. The van der Waals surface area contributed by atoms with E-state index in [9.17, 15) is 9.59 Å². The van der Waals surface area contributed by atoms with Crippen LogP contribution in [0.1, 0.15) is 31.8 Å². The van der Waals surface area contributed by atoms with Gasteiger partial charge in [-0.3, -0.25) is 9.59 Å². The molecular formula is C20H22N2O2. The molecule has 2 amide bonds. The lowest BCUT2D eigenvalue weighted by molar-refractivity contribution is 0.0820. The zero-order chi connectivity index (χ0) is 17.7. The molecule has 2 aromatic rings. The highest BCUT2D eigenvalue weighted by atomic mass is 16.2. The van der Waals surface area contributed by atoms with E-state index in [0.29, 0.717) is 11.1 Å². The van der Waals surface area contributed by atoms with E-state index in [-0.39, 0.29) is 11.8 Å². The molecule has 24 heavy (non-hydrogen) atoms. The third-order valence-corrected chi connectivity index (χ3v) is 3.60. The van der Waals surface area contributed by atoms with Crippen LogP contribution in [0.2, 0.25) is 0 Å². The van der Waals surface area contributed by atoms with Gasteiger partial charge >= 0.3 is 0 Å². The van der Waals surface area contributed by atoms with Gasteiger partial charge in [0.1, 0.15) is 0 Å². The van der Waals surface area contributed by atoms with Crippen molar-refractivity contribution in [1.82, 2.24) is 9.80 Å². The van der Waals surface area contributed by atoms with E-state index < -0.39 is 0 Å². The standard InChI is InChI=1S/C20H22N2O2/c1-21(2)19(23)17-11-7-15(8-12-17)5-6-16-9-13-18(14-10-16)20(24)22(3)4/h5-14H,1-4H3/b6-5+. The molecule has 0 heterocycles. The number of amides is 2. The molecule has 0 unspecified atom stereocenters. The average Bonchev–Trinajstić information content (AvgIpc) is 2.59. The molecule has 124 valence electrons. The van der Waals surface area contributed by atoms with Crippen molar-refractivity contribution >= 4 is 24.0 Å². The Labute approximate surface area is 143 Å². The molecule has 4 nitrogen and oxygen atoms in total. The lowest BCUT2D eigenvalue weighted by Gasteiger charge is -2.10. The Morgan fingerprint density at radius 2 is 0.917 bits per heavy atom.